The lowest BCUT2D eigenvalue weighted by atomic mass is 10.1. The van der Waals surface area contributed by atoms with Crippen molar-refractivity contribution in [2.45, 2.75) is 13.1 Å². The number of aromatic amines is 1. The Morgan fingerprint density at radius 1 is 1.43 bits per heavy atom. The first-order valence-electron chi connectivity index (χ1n) is 3.64. The fourth-order valence-electron chi connectivity index (χ4n) is 1.05. The molecule has 3 nitrogen and oxygen atoms in total. The Kier molecular flexibility index (Phi) is 2.46. The highest BCUT2D eigenvalue weighted by atomic mass is 19.4. The van der Waals surface area contributed by atoms with Gasteiger partial charge in [-0.25, -0.2) is 0 Å². The molecule has 0 saturated carbocycles. The van der Waals surface area contributed by atoms with Crippen LogP contribution in [-0.2, 0) is 6.18 Å². The van der Waals surface area contributed by atoms with E-state index in [1.54, 1.807) is 0 Å². The molecule has 1 rings (SSSR count). The Labute approximate surface area is 76.6 Å². The molecule has 0 unspecified atom stereocenters. The number of hydrogen-bond acceptors (Lipinski definition) is 2. The summed E-state index contributed by atoms with van der Waals surface area (Å²) in [5.41, 5.74) is -3.07. The average molecular weight is 205 g/mol. The van der Waals surface area contributed by atoms with Crippen LogP contribution in [0.25, 0.3) is 0 Å². The molecular weight excluding hydrogens is 199 g/mol. The maximum atomic E-state index is 12.3. The first-order chi connectivity index (χ1) is 6.34. The first-order valence-corrected chi connectivity index (χ1v) is 3.64. The number of H-pyrrole nitrogens is 1. The first kappa shape index (κ1) is 10.5. The highest BCUT2D eigenvalue weighted by Crippen LogP contribution is 2.28. The Hall–Kier alpha value is -1.59. The summed E-state index contributed by atoms with van der Waals surface area (Å²) in [4.78, 5) is 23.7. The van der Waals surface area contributed by atoms with E-state index >= 15 is 0 Å². The molecule has 0 aliphatic rings. The van der Waals surface area contributed by atoms with Gasteiger partial charge in [-0.05, 0) is 6.92 Å². The van der Waals surface area contributed by atoms with E-state index in [2.05, 4.69) is 0 Å². The van der Waals surface area contributed by atoms with Crippen molar-refractivity contribution in [1.29, 1.82) is 0 Å². The van der Waals surface area contributed by atoms with Gasteiger partial charge < -0.3 is 4.98 Å². The van der Waals surface area contributed by atoms with E-state index < -0.39 is 28.6 Å². The van der Waals surface area contributed by atoms with Gasteiger partial charge in [0.2, 0.25) is 0 Å². The van der Waals surface area contributed by atoms with Crippen molar-refractivity contribution in [1.82, 2.24) is 4.98 Å². The molecule has 1 aromatic rings. The zero-order valence-corrected chi connectivity index (χ0v) is 7.11. The number of Topliss-reactive ketones (excluding diaryl/α,β-unsaturated/α-hetero) is 1. The molecule has 0 amide bonds. The van der Waals surface area contributed by atoms with Crippen LogP contribution in [0.15, 0.2) is 17.1 Å². The smallest absolute Gasteiger partial charge is 0.357 e. The van der Waals surface area contributed by atoms with Crippen molar-refractivity contribution in [3.05, 3.63) is 33.7 Å². The number of pyridine rings is 1. The highest BCUT2D eigenvalue weighted by Gasteiger charge is 2.36. The van der Waals surface area contributed by atoms with Crippen LogP contribution < -0.4 is 5.43 Å². The summed E-state index contributed by atoms with van der Waals surface area (Å²) in [6.07, 6.45) is -3.86. The van der Waals surface area contributed by atoms with Crippen LogP contribution in [0.3, 0.4) is 0 Å². The van der Waals surface area contributed by atoms with Crippen molar-refractivity contribution in [2.75, 3.05) is 0 Å². The third-order valence-corrected chi connectivity index (χ3v) is 1.59. The minimum Gasteiger partial charge on any atom is -0.357 e. The molecule has 0 aromatic carbocycles. The number of carbonyl (C=O) groups excluding carboxylic acids is 1. The van der Waals surface area contributed by atoms with E-state index in [9.17, 15) is 22.8 Å². The number of rotatable bonds is 1. The normalized spacial score (nSPS) is 11.4. The van der Waals surface area contributed by atoms with Crippen molar-refractivity contribution >= 4 is 5.78 Å². The molecule has 14 heavy (non-hydrogen) atoms. The fourth-order valence-corrected chi connectivity index (χ4v) is 1.05. The van der Waals surface area contributed by atoms with Gasteiger partial charge in [0.1, 0.15) is 5.69 Å². The van der Waals surface area contributed by atoms with Crippen molar-refractivity contribution in [3.63, 3.8) is 0 Å². The zero-order valence-electron chi connectivity index (χ0n) is 7.11. The van der Waals surface area contributed by atoms with Gasteiger partial charge in [0.05, 0.1) is 5.56 Å². The molecule has 0 bridgehead atoms. The standard InChI is InChI=1S/C8H6F3NO2/c1-4(13)6-5(14)2-3-12-7(6)8(9,10)11/h2-3H,1H3,(H,12,14). The second kappa shape index (κ2) is 3.28. The van der Waals surface area contributed by atoms with Gasteiger partial charge in [0.15, 0.2) is 11.2 Å². The van der Waals surface area contributed by atoms with Crippen LogP contribution in [0.5, 0.6) is 0 Å². The predicted octanol–water partition coefficient (Wildman–Crippen LogP) is 1.60. The van der Waals surface area contributed by atoms with Crippen molar-refractivity contribution in [2.24, 2.45) is 0 Å². The molecule has 0 aliphatic carbocycles. The van der Waals surface area contributed by atoms with Gasteiger partial charge in [-0.2, -0.15) is 13.2 Å². The average Bonchev–Trinajstić information content (AvgIpc) is 2.01. The monoisotopic (exact) mass is 205 g/mol. The Morgan fingerprint density at radius 3 is 2.36 bits per heavy atom. The topological polar surface area (TPSA) is 49.9 Å². The van der Waals surface area contributed by atoms with E-state index in [-0.39, 0.29) is 0 Å². The summed E-state index contributed by atoms with van der Waals surface area (Å²) >= 11 is 0. The largest absolute Gasteiger partial charge is 0.432 e. The molecule has 76 valence electrons. The zero-order chi connectivity index (χ0) is 10.9. The molecule has 0 fully saturated rings. The number of halogens is 3. The van der Waals surface area contributed by atoms with E-state index in [1.807, 2.05) is 4.98 Å². The van der Waals surface area contributed by atoms with Crippen LogP contribution in [0, 0.1) is 0 Å². The van der Waals surface area contributed by atoms with Crippen LogP contribution in [0.2, 0.25) is 0 Å². The lowest BCUT2D eigenvalue weighted by molar-refractivity contribution is -0.141. The Morgan fingerprint density at radius 2 is 2.00 bits per heavy atom. The second-order valence-electron chi connectivity index (χ2n) is 2.65. The molecule has 1 N–H and O–H groups in total. The molecular formula is C8H6F3NO2. The fraction of sp³-hybridized carbons (Fsp3) is 0.250. The number of aromatic nitrogens is 1. The number of alkyl halides is 3. The van der Waals surface area contributed by atoms with Crippen LogP contribution in [-0.4, -0.2) is 10.8 Å². The quantitative estimate of drug-likeness (QED) is 0.708. The molecule has 0 aliphatic heterocycles. The van der Waals surface area contributed by atoms with Crippen LogP contribution >= 0.6 is 0 Å². The third kappa shape index (κ3) is 1.84. The minimum absolute atomic E-state index is 0.847. The summed E-state index contributed by atoms with van der Waals surface area (Å²) in [6, 6.07) is 0.881. The third-order valence-electron chi connectivity index (χ3n) is 1.59. The molecule has 0 radical (unpaired) electrons. The maximum absolute atomic E-state index is 12.3. The summed E-state index contributed by atoms with van der Waals surface area (Å²) in [6.45, 7) is 0.916. The molecule has 0 saturated heterocycles. The van der Waals surface area contributed by atoms with E-state index in [0.29, 0.717) is 0 Å². The van der Waals surface area contributed by atoms with Crippen molar-refractivity contribution in [3.8, 4) is 0 Å². The predicted molar refractivity (Wildman–Crippen MR) is 42.1 cm³/mol. The van der Waals surface area contributed by atoms with Crippen molar-refractivity contribution < 1.29 is 18.0 Å². The van der Waals surface area contributed by atoms with Gasteiger partial charge in [-0.1, -0.05) is 0 Å². The maximum Gasteiger partial charge on any atom is 0.432 e. The molecule has 1 aromatic heterocycles. The summed E-state index contributed by atoms with van der Waals surface area (Å²) < 4.78 is 36.8. The van der Waals surface area contributed by atoms with E-state index in [0.717, 1.165) is 19.2 Å². The Bertz CT molecular complexity index is 419. The van der Waals surface area contributed by atoms with Gasteiger partial charge in [0.25, 0.3) is 0 Å². The molecule has 1 heterocycles. The van der Waals surface area contributed by atoms with E-state index in [1.165, 1.54) is 0 Å². The number of hydrogen-bond donors (Lipinski definition) is 1. The van der Waals surface area contributed by atoms with Crippen LogP contribution in [0.4, 0.5) is 13.2 Å². The summed E-state index contributed by atoms with van der Waals surface area (Å²) in [7, 11) is 0. The van der Waals surface area contributed by atoms with Gasteiger partial charge in [0, 0.05) is 12.3 Å². The summed E-state index contributed by atoms with van der Waals surface area (Å²) in [5.74, 6) is -0.904. The number of carbonyl (C=O) groups is 1. The minimum atomic E-state index is -4.72. The lowest BCUT2D eigenvalue weighted by Gasteiger charge is -2.08. The Balaban J connectivity index is 3.52. The lowest BCUT2D eigenvalue weighted by Crippen LogP contribution is -2.22. The summed E-state index contributed by atoms with van der Waals surface area (Å²) in [5, 5.41) is 0. The SMILES string of the molecule is CC(=O)c1c(C(F)(F)F)[nH]ccc1=O. The number of ketones is 1. The highest BCUT2D eigenvalue weighted by molar-refractivity contribution is 5.95. The molecule has 0 spiro atoms. The van der Waals surface area contributed by atoms with Gasteiger partial charge >= 0.3 is 6.18 Å². The van der Waals surface area contributed by atoms with Crippen LogP contribution in [0.1, 0.15) is 23.0 Å². The molecule has 0 atom stereocenters. The second-order valence-corrected chi connectivity index (χ2v) is 2.65. The number of nitrogens with one attached hydrogen (secondary N) is 1. The van der Waals surface area contributed by atoms with E-state index in [4.69, 9.17) is 0 Å². The van der Waals surface area contributed by atoms with Gasteiger partial charge in [-0.15, -0.1) is 0 Å². The van der Waals surface area contributed by atoms with Gasteiger partial charge in [-0.3, -0.25) is 9.59 Å². The molecule has 6 heteroatoms.